The van der Waals surface area contributed by atoms with Gasteiger partial charge in [0.1, 0.15) is 0 Å². The molecule has 0 aliphatic carbocycles. The van der Waals surface area contributed by atoms with Crippen LogP contribution in [0.1, 0.15) is 32.9 Å². The molecule has 0 spiro atoms. The van der Waals surface area contributed by atoms with Crippen molar-refractivity contribution in [1.29, 1.82) is 0 Å². The fourth-order valence-electron chi connectivity index (χ4n) is 2.70. The molecule has 1 aliphatic rings. The van der Waals surface area contributed by atoms with Crippen molar-refractivity contribution in [1.82, 2.24) is 30.1 Å². The summed E-state index contributed by atoms with van der Waals surface area (Å²) in [4.78, 5) is 4.97. The summed E-state index contributed by atoms with van der Waals surface area (Å²) in [6.07, 6.45) is 3.21. The molecule has 0 bridgehead atoms. The van der Waals surface area contributed by atoms with Gasteiger partial charge < -0.3 is 5.32 Å². The molecule has 2 rings (SSSR count). The zero-order chi connectivity index (χ0) is 15.3. The second-order valence-electron chi connectivity index (χ2n) is 6.66. The van der Waals surface area contributed by atoms with E-state index in [1.807, 2.05) is 4.68 Å². The Morgan fingerprint density at radius 2 is 2.10 bits per heavy atom. The Hall–Kier alpha value is -0.980. The molecule has 1 saturated heterocycles. The quantitative estimate of drug-likeness (QED) is 0.754. The first-order valence-electron chi connectivity index (χ1n) is 8.04. The molecule has 6 nitrogen and oxygen atoms in total. The smallest absolute Gasteiger partial charge is 0.0964 e. The van der Waals surface area contributed by atoms with Crippen molar-refractivity contribution in [3.63, 3.8) is 0 Å². The van der Waals surface area contributed by atoms with E-state index >= 15 is 0 Å². The van der Waals surface area contributed by atoms with E-state index < -0.39 is 0 Å². The Labute approximate surface area is 128 Å². The van der Waals surface area contributed by atoms with Crippen LogP contribution < -0.4 is 5.32 Å². The van der Waals surface area contributed by atoms with E-state index in [0.717, 1.165) is 57.9 Å². The second-order valence-corrected chi connectivity index (χ2v) is 6.66. The van der Waals surface area contributed by atoms with Crippen molar-refractivity contribution in [2.24, 2.45) is 0 Å². The Balaban J connectivity index is 1.75. The summed E-state index contributed by atoms with van der Waals surface area (Å²) in [5.74, 6) is 0. The predicted octanol–water partition coefficient (Wildman–Crippen LogP) is 0.804. The topological polar surface area (TPSA) is 49.2 Å². The van der Waals surface area contributed by atoms with Gasteiger partial charge in [0.25, 0.3) is 0 Å². The summed E-state index contributed by atoms with van der Waals surface area (Å²) in [7, 11) is 2.21. The molecule has 1 aromatic heterocycles. The third-order valence-corrected chi connectivity index (χ3v) is 4.36. The maximum Gasteiger partial charge on any atom is 0.0964 e. The summed E-state index contributed by atoms with van der Waals surface area (Å²) in [5, 5.41) is 11.8. The van der Waals surface area contributed by atoms with Crippen LogP contribution in [-0.2, 0) is 13.1 Å². The van der Waals surface area contributed by atoms with Gasteiger partial charge in [0.05, 0.1) is 12.2 Å². The highest BCUT2D eigenvalue weighted by Gasteiger charge is 2.30. The first-order chi connectivity index (χ1) is 10.0. The number of hydrogen-bond acceptors (Lipinski definition) is 5. The van der Waals surface area contributed by atoms with Gasteiger partial charge in [-0.25, -0.2) is 0 Å². The summed E-state index contributed by atoms with van der Waals surface area (Å²) in [5.41, 5.74) is 1.29. The van der Waals surface area contributed by atoms with Crippen LogP contribution in [0.15, 0.2) is 6.20 Å². The molecule has 1 fully saturated rings. The fraction of sp³-hybridized carbons (Fsp3) is 0.867. The molecule has 0 radical (unpaired) electrons. The maximum absolute atomic E-state index is 4.22. The summed E-state index contributed by atoms with van der Waals surface area (Å²) in [6, 6.07) is 0. The minimum absolute atomic E-state index is 0.260. The Morgan fingerprint density at radius 3 is 2.81 bits per heavy atom. The van der Waals surface area contributed by atoms with Gasteiger partial charge in [0.2, 0.25) is 0 Å². The molecular formula is C15H30N6. The Kier molecular flexibility index (Phi) is 5.72. The van der Waals surface area contributed by atoms with E-state index in [-0.39, 0.29) is 5.54 Å². The predicted molar refractivity (Wildman–Crippen MR) is 85.2 cm³/mol. The van der Waals surface area contributed by atoms with Gasteiger partial charge in [-0.1, -0.05) is 12.1 Å². The fourth-order valence-corrected chi connectivity index (χ4v) is 2.70. The number of aromatic nitrogens is 3. The minimum atomic E-state index is 0.260. The van der Waals surface area contributed by atoms with Crippen LogP contribution in [-0.4, -0.2) is 70.1 Å². The summed E-state index contributed by atoms with van der Waals surface area (Å²) in [6.45, 7) is 14.0. The Morgan fingerprint density at radius 1 is 1.29 bits per heavy atom. The van der Waals surface area contributed by atoms with Crippen LogP contribution in [0.4, 0.5) is 0 Å². The van der Waals surface area contributed by atoms with E-state index in [1.54, 1.807) is 0 Å². The van der Waals surface area contributed by atoms with Crippen LogP contribution in [0.2, 0.25) is 0 Å². The summed E-state index contributed by atoms with van der Waals surface area (Å²) >= 11 is 0. The van der Waals surface area contributed by atoms with E-state index in [4.69, 9.17) is 0 Å². The van der Waals surface area contributed by atoms with Crippen molar-refractivity contribution >= 4 is 0 Å². The van der Waals surface area contributed by atoms with Crippen LogP contribution in [0, 0.1) is 0 Å². The molecule has 21 heavy (non-hydrogen) atoms. The molecule has 0 unspecified atom stereocenters. The monoisotopic (exact) mass is 294 g/mol. The van der Waals surface area contributed by atoms with Gasteiger partial charge in [-0.05, 0) is 33.9 Å². The maximum atomic E-state index is 4.22. The zero-order valence-corrected chi connectivity index (χ0v) is 14.0. The van der Waals surface area contributed by atoms with Gasteiger partial charge in [0.15, 0.2) is 0 Å². The minimum Gasteiger partial charge on any atom is -0.311 e. The standard InChI is InChI=1S/C15H30N6/c1-5-6-16-11-14-12-21(18-17-14)10-9-20-8-7-19(4)15(2,3)13-20/h12,16H,5-11,13H2,1-4H3. The normalized spacial score (nSPS) is 20.0. The molecule has 0 aromatic carbocycles. The first kappa shape index (κ1) is 16.4. The molecule has 120 valence electrons. The Bertz CT molecular complexity index is 428. The van der Waals surface area contributed by atoms with E-state index in [2.05, 4.69) is 59.4 Å². The molecule has 0 saturated carbocycles. The highest BCUT2D eigenvalue weighted by Crippen LogP contribution is 2.18. The van der Waals surface area contributed by atoms with Crippen LogP contribution in [0.25, 0.3) is 0 Å². The average Bonchev–Trinajstić information content (AvgIpc) is 2.88. The largest absolute Gasteiger partial charge is 0.311 e. The highest BCUT2D eigenvalue weighted by molar-refractivity contribution is 4.92. The number of likely N-dealkylation sites (N-methyl/N-ethyl adjacent to an activating group) is 1. The van der Waals surface area contributed by atoms with Crippen LogP contribution in [0.5, 0.6) is 0 Å². The highest BCUT2D eigenvalue weighted by atomic mass is 15.4. The molecule has 1 N–H and O–H groups in total. The van der Waals surface area contributed by atoms with Crippen LogP contribution >= 0.6 is 0 Å². The lowest BCUT2D eigenvalue weighted by atomic mass is 10.00. The number of rotatable bonds is 7. The van der Waals surface area contributed by atoms with E-state index in [9.17, 15) is 0 Å². The number of nitrogens with one attached hydrogen (secondary N) is 1. The van der Waals surface area contributed by atoms with Crippen molar-refractivity contribution in [3.8, 4) is 0 Å². The van der Waals surface area contributed by atoms with E-state index in [0.29, 0.717) is 0 Å². The van der Waals surface area contributed by atoms with Gasteiger partial charge in [0, 0.05) is 44.5 Å². The lowest BCUT2D eigenvalue weighted by molar-refractivity contribution is 0.0379. The third kappa shape index (κ3) is 4.76. The van der Waals surface area contributed by atoms with Gasteiger partial charge in [-0.3, -0.25) is 14.5 Å². The van der Waals surface area contributed by atoms with Gasteiger partial charge >= 0.3 is 0 Å². The molecule has 6 heteroatoms. The van der Waals surface area contributed by atoms with Crippen LogP contribution in [0.3, 0.4) is 0 Å². The summed E-state index contributed by atoms with van der Waals surface area (Å²) < 4.78 is 1.97. The van der Waals surface area contributed by atoms with Crippen molar-refractivity contribution in [2.75, 3.05) is 39.8 Å². The SMILES string of the molecule is CCCNCc1cn(CCN2CCN(C)C(C)(C)C2)nn1. The molecular weight excluding hydrogens is 264 g/mol. The molecule has 0 atom stereocenters. The number of hydrogen-bond donors (Lipinski definition) is 1. The van der Waals surface area contributed by atoms with E-state index in [1.165, 1.54) is 0 Å². The second kappa shape index (κ2) is 7.33. The lowest BCUT2D eigenvalue weighted by Crippen LogP contribution is -2.57. The van der Waals surface area contributed by atoms with Crippen molar-refractivity contribution in [2.45, 2.75) is 45.8 Å². The van der Waals surface area contributed by atoms with Gasteiger partial charge in [-0.2, -0.15) is 0 Å². The molecule has 1 aliphatic heterocycles. The number of nitrogens with zero attached hydrogens (tertiary/aromatic N) is 5. The molecule has 2 heterocycles. The lowest BCUT2D eigenvalue weighted by Gasteiger charge is -2.45. The van der Waals surface area contributed by atoms with Crippen molar-refractivity contribution in [3.05, 3.63) is 11.9 Å². The third-order valence-electron chi connectivity index (χ3n) is 4.36. The molecule has 0 amide bonds. The van der Waals surface area contributed by atoms with Crippen molar-refractivity contribution < 1.29 is 0 Å². The number of piperazine rings is 1. The average molecular weight is 294 g/mol. The zero-order valence-electron chi connectivity index (χ0n) is 14.0. The first-order valence-corrected chi connectivity index (χ1v) is 8.04. The van der Waals surface area contributed by atoms with Gasteiger partial charge in [-0.15, -0.1) is 5.10 Å². The molecule has 1 aromatic rings.